The van der Waals surface area contributed by atoms with Gasteiger partial charge in [0.15, 0.2) is 11.5 Å². The maximum Gasteiger partial charge on any atom is 0.271 e. The number of amides is 2. The Labute approximate surface area is 163 Å². The summed E-state index contributed by atoms with van der Waals surface area (Å²) in [6.45, 7) is 2.39. The van der Waals surface area contributed by atoms with Crippen LogP contribution in [0.25, 0.3) is 6.08 Å². The minimum absolute atomic E-state index is 0.0238. The third-order valence-corrected chi connectivity index (χ3v) is 4.95. The molecule has 0 aromatic heterocycles. The molecule has 28 heavy (non-hydrogen) atoms. The van der Waals surface area contributed by atoms with E-state index < -0.39 is 11.8 Å². The van der Waals surface area contributed by atoms with E-state index in [1.165, 1.54) is 7.11 Å². The lowest BCUT2D eigenvalue weighted by Gasteiger charge is -2.29. The molecule has 2 aliphatic heterocycles. The van der Waals surface area contributed by atoms with E-state index in [2.05, 4.69) is 0 Å². The molecule has 3 rings (SSSR count). The summed E-state index contributed by atoms with van der Waals surface area (Å²) in [6.07, 6.45) is 3.16. The van der Waals surface area contributed by atoms with Crippen molar-refractivity contribution < 1.29 is 23.8 Å². The molecule has 1 atom stereocenters. The van der Waals surface area contributed by atoms with Gasteiger partial charge in [0.2, 0.25) is 0 Å². The van der Waals surface area contributed by atoms with Crippen molar-refractivity contribution in [2.75, 3.05) is 27.4 Å². The van der Waals surface area contributed by atoms with Gasteiger partial charge in [-0.3, -0.25) is 14.5 Å². The highest BCUT2D eigenvalue weighted by Crippen LogP contribution is 2.31. The molecular weight excluding hydrogens is 360 g/mol. The molecule has 2 amide bonds. The molecule has 0 aliphatic carbocycles. The van der Waals surface area contributed by atoms with E-state index in [-0.39, 0.29) is 18.2 Å². The Morgan fingerprint density at radius 3 is 2.61 bits per heavy atom. The Morgan fingerprint density at radius 2 is 2.00 bits per heavy atom. The summed E-state index contributed by atoms with van der Waals surface area (Å²) in [6, 6.07) is 7.19. The monoisotopic (exact) mass is 382 g/mol. The van der Waals surface area contributed by atoms with Crippen LogP contribution in [0.4, 0.5) is 0 Å². The molecule has 2 aliphatic rings. The van der Waals surface area contributed by atoms with Gasteiger partial charge < -0.3 is 14.2 Å². The second-order valence-electron chi connectivity index (χ2n) is 6.64. The minimum atomic E-state index is -0.565. The van der Waals surface area contributed by atoms with E-state index in [1.807, 2.05) is 6.07 Å². The molecule has 1 saturated heterocycles. The smallest absolute Gasteiger partial charge is 0.271 e. The number of nitriles is 1. The lowest BCUT2D eigenvalue weighted by molar-refractivity contribution is -0.142. The molecular formula is C21H22N2O5. The number of benzene rings is 1. The molecule has 0 radical (unpaired) electrons. The molecule has 7 nitrogen and oxygen atoms in total. The van der Waals surface area contributed by atoms with Crippen molar-refractivity contribution in [1.29, 1.82) is 5.26 Å². The highest BCUT2D eigenvalue weighted by atomic mass is 16.5. The maximum atomic E-state index is 13.1. The molecule has 2 heterocycles. The van der Waals surface area contributed by atoms with Crippen LogP contribution in [0.3, 0.4) is 0 Å². The van der Waals surface area contributed by atoms with Gasteiger partial charge in [0.05, 0.1) is 26.9 Å². The van der Waals surface area contributed by atoms with E-state index in [4.69, 9.17) is 14.2 Å². The van der Waals surface area contributed by atoms with Crippen molar-refractivity contribution in [1.82, 2.24) is 4.90 Å². The van der Waals surface area contributed by atoms with Crippen LogP contribution in [0.1, 0.15) is 25.3 Å². The zero-order chi connectivity index (χ0) is 20.3. The summed E-state index contributed by atoms with van der Waals surface area (Å²) in [4.78, 5) is 26.8. The van der Waals surface area contributed by atoms with Crippen LogP contribution in [-0.2, 0) is 14.3 Å². The molecule has 1 fully saturated rings. The molecule has 1 aromatic carbocycles. The third-order valence-electron chi connectivity index (χ3n) is 4.95. The van der Waals surface area contributed by atoms with Gasteiger partial charge in [-0.05, 0) is 49.1 Å². The minimum Gasteiger partial charge on any atom is -0.493 e. The molecule has 1 aromatic rings. The highest BCUT2D eigenvalue weighted by Gasteiger charge is 2.37. The molecule has 0 unspecified atom stereocenters. The quantitative estimate of drug-likeness (QED) is 0.574. The predicted octanol–water partition coefficient (Wildman–Crippen LogP) is 2.48. The Morgan fingerprint density at radius 1 is 1.25 bits per heavy atom. The van der Waals surface area contributed by atoms with Crippen LogP contribution < -0.4 is 9.47 Å². The van der Waals surface area contributed by atoms with Gasteiger partial charge in [-0.15, -0.1) is 0 Å². The number of ether oxygens (including phenoxy) is 3. The first kappa shape index (κ1) is 19.6. The second kappa shape index (κ2) is 8.28. The standard InChI is InChI=1S/C21H22N2O5/c1-13-16(9-14-6-7-18(26-2)19(10-14)27-3)20(24)23(21(25)17(13)11-22)12-15-5-4-8-28-15/h6-7,9-10,15H,4-5,8,12H2,1-3H3/b16-9-/t15-/m0/s1. The van der Waals surface area contributed by atoms with Crippen LogP contribution in [-0.4, -0.2) is 50.2 Å². The first-order valence-electron chi connectivity index (χ1n) is 9.03. The number of methoxy groups -OCH3 is 2. The highest BCUT2D eigenvalue weighted by molar-refractivity contribution is 6.19. The van der Waals surface area contributed by atoms with E-state index in [0.717, 1.165) is 17.7 Å². The summed E-state index contributed by atoms with van der Waals surface area (Å²) in [5, 5.41) is 9.47. The molecule has 146 valence electrons. The normalized spacial score (nSPS) is 21.3. The van der Waals surface area contributed by atoms with Crippen molar-refractivity contribution in [2.45, 2.75) is 25.9 Å². The first-order valence-corrected chi connectivity index (χ1v) is 9.03. The molecule has 0 bridgehead atoms. The molecule has 7 heteroatoms. The summed E-state index contributed by atoms with van der Waals surface area (Å²) >= 11 is 0. The van der Waals surface area contributed by atoms with Crippen LogP contribution in [0.2, 0.25) is 0 Å². The number of hydrogen-bond acceptors (Lipinski definition) is 6. The average Bonchev–Trinajstić information content (AvgIpc) is 3.22. The molecule has 0 saturated carbocycles. The number of nitrogens with zero attached hydrogens (tertiary/aromatic N) is 2. The lowest BCUT2D eigenvalue weighted by Crippen LogP contribution is -2.46. The van der Waals surface area contributed by atoms with Gasteiger partial charge in [0.25, 0.3) is 11.8 Å². The molecule has 0 N–H and O–H groups in total. The van der Waals surface area contributed by atoms with Gasteiger partial charge in [-0.1, -0.05) is 6.07 Å². The fourth-order valence-corrected chi connectivity index (χ4v) is 3.40. The van der Waals surface area contributed by atoms with E-state index in [9.17, 15) is 14.9 Å². The van der Waals surface area contributed by atoms with Crippen LogP contribution in [0.15, 0.2) is 34.9 Å². The lowest BCUT2D eigenvalue weighted by atomic mass is 9.93. The first-order chi connectivity index (χ1) is 13.5. The molecule has 0 spiro atoms. The van der Waals surface area contributed by atoms with Crippen molar-refractivity contribution in [3.8, 4) is 17.6 Å². The summed E-state index contributed by atoms with van der Waals surface area (Å²) in [7, 11) is 3.07. The Kier molecular flexibility index (Phi) is 5.81. The van der Waals surface area contributed by atoms with Crippen LogP contribution in [0.5, 0.6) is 11.5 Å². The van der Waals surface area contributed by atoms with E-state index in [1.54, 1.807) is 38.3 Å². The van der Waals surface area contributed by atoms with Gasteiger partial charge in [-0.2, -0.15) is 5.26 Å². The zero-order valence-corrected chi connectivity index (χ0v) is 16.2. The topological polar surface area (TPSA) is 88.9 Å². The fraction of sp³-hybridized carbons (Fsp3) is 0.381. The van der Waals surface area contributed by atoms with Crippen molar-refractivity contribution in [3.63, 3.8) is 0 Å². The van der Waals surface area contributed by atoms with E-state index >= 15 is 0 Å². The van der Waals surface area contributed by atoms with Crippen molar-refractivity contribution >= 4 is 17.9 Å². The van der Waals surface area contributed by atoms with Gasteiger partial charge in [0.1, 0.15) is 11.6 Å². The van der Waals surface area contributed by atoms with Gasteiger partial charge >= 0.3 is 0 Å². The number of rotatable bonds is 5. The summed E-state index contributed by atoms with van der Waals surface area (Å²) in [5.74, 6) is 0.103. The van der Waals surface area contributed by atoms with Crippen molar-refractivity contribution in [3.05, 3.63) is 40.5 Å². The third kappa shape index (κ3) is 3.64. The second-order valence-corrected chi connectivity index (χ2v) is 6.64. The Hall–Kier alpha value is -3.11. The maximum absolute atomic E-state index is 13.1. The van der Waals surface area contributed by atoms with Crippen LogP contribution in [0, 0.1) is 11.3 Å². The van der Waals surface area contributed by atoms with Gasteiger partial charge in [-0.25, -0.2) is 0 Å². The van der Waals surface area contributed by atoms with Crippen molar-refractivity contribution in [2.24, 2.45) is 0 Å². The average molecular weight is 382 g/mol. The van der Waals surface area contributed by atoms with Crippen LogP contribution >= 0.6 is 0 Å². The van der Waals surface area contributed by atoms with E-state index in [0.29, 0.717) is 34.8 Å². The predicted molar refractivity (Wildman–Crippen MR) is 102 cm³/mol. The number of hydrogen-bond donors (Lipinski definition) is 0. The number of imide groups is 1. The summed E-state index contributed by atoms with van der Waals surface area (Å²) < 4.78 is 16.1. The SMILES string of the molecule is COc1ccc(/C=C2\C(=O)N(C[C@@H]3CCCO3)C(=O)C(C#N)=C2C)cc1OC. The summed E-state index contributed by atoms with van der Waals surface area (Å²) in [5.41, 5.74) is 1.35. The largest absolute Gasteiger partial charge is 0.493 e. The zero-order valence-electron chi connectivity index (χ0n) is 16.2. The number of carbonyl (C=O) groups excluding carboxylic acids is 2. The van der Waals surface area contributed by atoms with Gasteiger partial charge in [0, 0.05) is 12.2 Å². The Bertz CT molecular complexity index is 904. The Balaban J connectivity index is 2.01. The fourth-order valence-electron chi connectivity index (χ4n) is 3.40. The number of carbonyl (C=O) groups is 2.